The van der Waals surface area contributed by atoms with Crippen molar-refractivity contribution >= 4 is 29.6 Å². The summed E-state index contributed by atoms with van der Waals surface area (Å²) in [7, 11) is -1.42. The van der Waals surface area contributed by atoms with Gasteiger partial charge in [0.25, 0.3) is 0 Å². The molecule has 0 aliphatic carbocycles. The van der Waals surface area contributed by atoms with Crippen LogP contribution in [0.1, 0.15) is 81.1 Å². The highest BCUT2D eigenvalue weighted by molar-refractivity contribution is 7.33. The van der Waals surface area contributed by atoms with Gasteiger partial charge in [-0.25, -0.2) is 0 Å². The first kappa shape index (κ1) is 20.8. The molecule has 0 aromatic rings. The van der Waals surface area contributed by atoms with E-state index in [0.717, 1.165) is 12.0 Å². The number of hydrogen-bond donors (Lipinski definition) is 0. The normalized spacial score (nSPS) is 15.8. The fourth-order valence-electron chi connectivity index (χ4n) is 4.32. The van der Waals surface area contributed by atoms with E-state index < -0.39 is 7.42 Å². The average molecular weight is 339 g/mol. The fourth-order valence-corrected chi connectivity index (χ4v) is 5.90. The highest BCUT2D eigenvalue weighted by Crippen LogP contribution is 2.44. The molecule has 0 aromatic heterocycles. The summed E-state index contributed by atoms with van der Waals surface area (Å²) in [6, 6.07) is 1.05. The van der Waals surface area contributed by atoms with Crippen LogP contribution < -0.4 is 0 Å². The SMILES string of the molecule is CC(CC[SiH](Cl)Cl)CC(C)(C)CC(C)(C)CC(C)(C)C. The van der Waals surface area contributed by atoms with Crippen LogP contribution in [0.3, 0.4) is 0 Å². The second-order valence-electron chi connectivity index (χ2n) is 9.52. The zero-order valence-electron chi connectivity index (χ0n) is 14.9. The van der Waals surface area contributed by atoms with Gasteiger partial charge in [0, 0.05) is 0 Å². The van der Waals surface area contributed by atoms with E-state index in [1.165, 1.54) is 25.7 Å². The van der Waals surface area contributed by atoms with Crippen molar-refractivity contribution in [1.29, 1.82) is 0 Å². The zero-order chi connectivity index (χ0) is 16.2. The van der Waals surface area contributed by atoms with Crippen LogP contribution in [0.2, 0.25) is 6.04 Å². The molecule has 0 radical (unpaired) electrons. The molecule has 0 amide bonds. The highest BCUT2D eigenvalue weighted by Gasteiger charge is 2.32. The minimum atomic E-state index is -1.42. The molecule has 0 saturated heterocycles. The quantitative estimate of drug-likeness (QED) is 0.330. The Kier molecular flexibility index (Phi) is 8.19. The Labute approximate surface area is 139 Å². The molecule has 0 aliphatic heterocycles. The van der Waals surface area contributed by atoms with Crippen LogP contribution >= 0.6 is 22.2 Å². The van der Waals surface area contributed by atoms with Crippen LogP contribution in [0.4, 0.5) is 0 Å². The first-order chi connectivity index (χ1) is 8.72. The Bertz CT molecular complexity index is 277. The van der Waals surface area contributed by atoms with Crippen molar-refractivity contribution in [2.75, 3.05) is 0 Å². The van der Waals surface area contributed by atoms with Gasteiger partial charge in [0.1, 0.15) is 0 Å². The molecule has 0 spiro atoms. The van der Waals surface area contributed by atoms with Gasteiger partial charge in [-0.15, -0.1) is 0 Å². The van der Waals surface area contributed by atoms with Gasteiger partial charge in [0.2, 0.25) is 7.42 Å². The van der Waals surface area contributed by atoms with E-state index in [1.54, 1.807) is 0 Å². The summed E-state index contributed by atoms with van der Waals surface area (Å²) in [5.41, 5.74) is 1.20. The third kappa shape index (κ3) is 11.5. The Morgan fingerprint density at radius 1 is 0.850 bits per heavy atom. The average Bonchev–Trinajstić information content (AvgIpc) is 2.06. The van der Waals surface area contributed by atoms with Crippen molar-refractivity contribution in [2.24, 2.45) is 22.2 Å². The molecule has 3 heteroatoms. The second kappa shape index (κ2) is 7.88. The van der Waals surface area contributed by atoms with Crippen molar-refractivity contribution in [3.63, 3.8) is 0 Å². The van der Waals surface area contributed by atoms with Gasteiger partial charge in [-0.1, -0.05) is 61.8 Å². The summed E-state index contributed by atoms with van der Waals surface area (Å²) in [4.78, 5) is 0. The van der Waals surface area contributed by atoms with E-state index in [1.807, 2.05) is 0 Å². The lowest BCUT2D eigenvalue weighted by molar-refractivity contribution is 0.115. The van der Waals surface area contributed by atoms with Gasteiger partial charge in [-0.3, -0.25) is 0 Å². The molecular weight excluding hydrogens is 303 g/mol. The molecule has 0 N–H and O–H groups in total. The Balaban J connectivity index is 4.42. The van der Waals surface area contributed by atoms with Crippen LogP contribution in [-0.2, 0) is 0 Å². The fraction of sp³-hybridized carbons (Fsp3) is 1.00. The van der Waals surface area contributed by atoms with E-state index in [4.69, 9.17) is 22.2 Å². The molecule has 0 aliphatic rings. The van der Waals surface area contributed by atoms with E-state index in [-0.39, 0.29) is 0 Å². The summed E-state index contributed by atoms with van der Waals surface area (Å²) >= 11 is 12.0. The maximum Gasteiger partial charge on any atom is 0.237 e. The molecule has 0 bridgehead atoms. The predicted molar refractivity (Wildman–Crippen MR) is 98.3 cm³/mol. The van der Waals surface area contributed by atoms with Crippen molar-refractivity contribution in [3.8, 4) is 0 Å². The lowest BCUT2D eigenvalue weighted by atomic mass is 9.66. The molecule has 20 heavy (non-hydrogen) atoms. The number of rotatable bonds is 8. The van der Waals surface area contributed by atoms with Crippen LogP contribution in [0.25, 0.3) is 0 Å². The van der Waals surface area contributed by atoms with Gasteiger partial charge in [-0.2, -0.15) is 22.2 Å². The largest absolute Gasteiger partial charge is 0.237 e. The van der Waals surface area contributed by atoms with Crippen molar-refractivity contribution < 1.29 is 0 Å². The van der Waals surface area contributed by atoms with E-state index in [9.17, 15) is 0 Å². The zero-order valence-corrected chi connectivity index (χ0v) is 17.6. The minimum absolute atomic E-state index is 0.393. The number of hydrogen-bond acceptors (Lipinski definition) is 0. The van der Waals surface area contributed by atoms with Gasteiger partial charge >= 0.3 is 0 Å². The lowest BCUT2D eigenvalue weighted by Crippen LogP contribution is -2.28. The lowest BCUT2D eigenvalue weighted by Gasteiger charge is -2.40. The Morgan fingerprint density at radius 2 is 1.35 bits per heavy atom. The molecule has 0 saturated carbocycles. The first-order valence-electron chi connectivity index (χ1n) is 8.01. The molecular formula is C17H36Cl2Si. The molecule has 0 fully saturated rings. The molecule has 0 rings (SSSR count). The van der Waals surface area contributed by atoms with Crippen molar-refractivity contribution in [3.05, 3.63) is 0 Å². The topological polar surface area (TPSA) is 0 Å². The van der Waals surface area contributed by atoms with E-state index in [2.05, 4.69) is 55.4 Å². The smallest absolute Gasteiger partial charge is 0.150 e. The van der Waals surface area contributed by atoms with Gasteiger partial charge in [-0.05, 0) is 47.5 Å². The Morgan fingerprint density at radius 3 is 1.75 bits per heavy atom. The molecule has 0 heterocycles. The van der Waals surface area contributed by atoms with Gasteiger partial charge in [0.15, 0.2) is 0 Å². The van der Waals surface area contributed by atoms with Crippen LogP contribution in [0.15, 0.2) is 0 Å². The highest BCUT2D eigenvalue weighted by atomic mass is 35.7. The van der Waals surface area contributed by atoms with E-state index >= 15 is 0 Å². The Hall–Kier alpha value is 0.797. The summed E-state index contributed by atoms with van der Waals surface area (Å²) in [6.07, 6.45) is 5.02. The van der Waals surface area contributed by atoms with Crippen LogP contribution in [0.5, 0.6) is 0 Å². The summed E-state index contributed by atoms with van der Waals surface area (Å²) in [6.45, 7) is 19.1. The standard InChI is InChI=1S/C17H36Cl2Si/c1-14(9-10-20(18)19)11-16(5,6)13-17(7,8)12-15(2,3)4/h14,20H,9-13H2,1-8H3. The summed E-state index contributed by atoms with van der Waals surface area (Å²) in [5, 5.41) is 0. The van der Waals surface area contributed by atoms with Crippen LogP contribution in [0, 0.1) is 22.2 Å². The van der Waals surface area contributed by atoms with Gasteiger partial charge < -0.3 is 0 Å². The third-order valence-electron chi connectivity index (χ3n) is 3.74. The maximum absolute atomic E-state index is 5.98. The molecule has 1 unspecified atom stereocenters. The summed E-state index contributed by atoms with van der Waals surface area (Å²) in [5.74, 6) is 0.725. The third-order valence-corrected chi connectivity index (χ3v) is 5.82. The molecule has 1 atom stereocenters. The minimum Gasteiger partial charge on any atom is -0.150 e. The summed E-state index contributed by atoms with van der Waals surface area (Å²) < 4.78 is 0. The first-order valence-corrected chi connectivity index (χ1v) is 12.3. The second-order valence-corrected chi connectivity index (χ2v) is 14.7. The number of halogens is 2. The molecule has 0 aromatic carbocycles. The predicted octanol–water partition coefficient (Wildman–Crippen LogP) is 6.98. The molecule has 122 valence electrons. The monoisotopic (exact) mass is 338 g/mol. The van der Waals surface area contributed by atoms with Crippen LogP contribution in [-0.4, -0.2) is 7.42 Å². The van der Waals surface area contributed by atoms with Crippen molar-refractivity contribution in [2.45, 2.75) is 87.1 Å². The molecule has 0 nitrogen and oxygen atoms in total. The van der Waals surface area contributed by atoms with Crippen molar-refractivity contribution in [1.82, 2.24) is 0 Å². The maximum atomic E-state index is 5.98. The van der Waals surface area contributed by atoms with Gasteiger partial charge in [0.05, 0.1) is 0 Å². The van der Waals surface area contributed by atoms with E-state index in [0.29, 0.717) is 16.2 Å².